The lowest BCUT2D eigenvalue weighted by molar-refractivity contribution is -0.119. The van der Waals surface area contributed by atoms with Gasteiger partial charge in [-0.2, -0.15) is 0 Å². The third kappa shape index (κ3) is 4.43. The van der Waals surface area contributed by atoms with Crippen LogP contribution < -0.4 is 19.5 Å². The average Bonchev–Trinajstić information content (AvgIpc) is 2.68. The highest BCUT2D eigenvalue weighted by Gasteiger charge is 2.17. The molecule has 2 aromatic rings. The number of benzene rings is 2. The van der Waals surface area contributed by atoms with Gasteiger partial charge in [0, 0.05) is 11.1 Å². The topological polar surface area (TPSA) is 83.1 Å². The van der Waals surface area contributed by atoms with E-state index in [4.69, 9.17) is 30.5 Å². The van der Waals surface area contributed by atoms with E-state index >= 15 is 0 Å². The number of fused-ring (bicyclic) bond motifs is 1. The van der Waals surface area contributed by atoms with Gasteiger partial charge in [-0.25, -0.2) is 4.79 Å². The number of amides is 1. The van der Waals surface area contributed by atoms with E-state index in [0.29, 0.717) is 41.2 Å². The molecular formula is C19H18ClNO6. The molecule has 0 spiro atoms. The molecule has 0 atom stereocenters. The Morgan fingerprint density at radius 1 is 1.15 bits per heavy atom. The lowest BCUT2D eigenvalue weighted by atomic mass is 10.2. The summed E-state index contributed by atoms with van der Waals surface area (Å²) in [5.74, 6) is 0.321. The maximum absolute atomic E-state index is 12.2. The molecule has 7 nitrogen and oxygen atoms in total. The summed E-state index contributed by atoms with van der Waals surface area (Å²) in [6.07, 6.45) is 0. The molecule has 2 aromatic carbocycles. The maximum Gasteiger partial charge on any atom is 0.338 e. The minimum Gasteiger partial charge on any atom is -0.495 e. The number of carbonyl (C=O) groups excluding carboxylic acids is 2. The number of hydrogen-bond donors (Lipinski definition) is 1. The number of rotatable bonds is 5. The summed E-state index contributed by atoms with van der Waals surface area (Å²) in [6, 6.07) is 8.00. The van der Waals surface area contributed by atoms with Gasteiger partial charge < -0.3 is 24.3 Å². The minimum atomic E-state index is -0.638. The number of halogens is 1. The van der Waals surface area contributed by atoms with Crippen LogP contribution in [0.1, 0.15) is 15.9 Å². The smallest absolute Gasteiger partial charge is 0.338 e. The second-order valence-electron chi connectivity index (χ2n) is 5.78. The fourth-order valence-electron chi connectivity index (χ4n) is 2.50. The normalized spacial score (nSPS) is 12.3. The molecule has 8 heteroatoms. The Morgan fingerprint density at radius 2 is 1.89 bits per heavy atom. The first kappa shape index (κ1) is 18.8. The monoisotopic (exact) mass is 391 g/mol. The van der Waals surface area contributed by atoms with E-state index in [0.717, 1.165) is 5.56 Å². The molecule has 0 saturated heterocycles. The SMILES string of the molecule is COc1cc(Cl)c(C)cc1NC(=O)COC(=O)c1ccc2c(c1)OCCO2. The first-order valence-corrected chi connectivity index (χ1v) is 8.56. The summed E-state index contributed by atoms with van der Waals surface area (Å²) >= 11 is 6.04. The van der Waals surface area contributed by atoms with Crippen LogP contribution in [0.3, 0.4) is 0 Å². The number of hydrogen-bond acceptors (Lipinski definition) is 6. The molecule has 0 radical (unpaired) electrons. The van der Waals surface area contributed by atoms with E-state index in [1.165, 1.54) is 13.2 Å². The average molecular weight is 392 g/mol. The molecule has 0 bridgehead atoms. The van der Waals surface area contributed by atoms with Gasteiger partial charge in [-0.05, 0) is 36.8 Å². The van der Waals surface area contributed by atoms with Crippen LogP contribution in [0.2, 0.25) is 5.02 Å². The predicted octanol–water partition coefficient (Wildman–Crippen LogP) is 3.22. The van der Waals surface area contributed by atoms with Crippen LogP contribution in [0, 0.1) is 6.92 Å². The Labute approximate surface area is 161 Å². The van der Waals surface area contributed by atoms with Crippen molar-refractivity contribution in [1.82, 2.24) is 0 Å². The van der Waals surface area contributed by atoms with Gasteiger partial charge in [0.15, 0.2) is 18.1 Å². The zero-order chi connectivity index (χ0) is 19.4. The first-order chi connectivity index (χ1) is 13.0. The minimum absolute atomic E-state index is 0.270. The molecular weight excluding hydrogens is 374 g/mol. The number of carbonyl (C=O) groups is 2. The summed E-state index contributed by atoms with van der Waals surface area (Å²) in [4.78, 5) is 24.3. The highest BCUT2D eigenvalue weighted by Crippen LogP contribution is 2.32. The van der Waals surface area contributed by atoms with Crippen LogP contribution in [-0.4, -0.2) is 38.8 Å². The summed E-state index contributed by atoms with van der Waals surface area (Å²) in [7, 11) is 1.47. The quantitative estimate of drug-likeness (QED) is 0.788. The summed E-state index contributed by atoms with van der Waals surface area (Å²) in [5.41, 5.74) is 1.49. The third-order valence-corrected chi connectivity index (χ3v) is 4.27. The van der Waals surface area contributed by atoms with Crippen molar-refractivity contribution in [2.75, 3.05) is 32.2 Å². The molecule has 3 rings (SSSR count). The third-order valence-electron chi connectivity index (χ3n) is 3.87. The zero-order valence-corrected chi connectivity index (χ0v) is 15.6. The maximum atomic E-state index is 12.2. The van der Waals surface area contributed by atoms with Gasteiger partial charge >= 0.3 is 5.97 Å². The summed E-state index contributed by atoms with van der Waals surface area (Å²) in [6.45, 7) is 2.23. The molecule has 0 unspecified atom stereocenters. The van der Waals surface area contributed by atoms with Crippen LogP contribution in [0.15, 0.2) is 30.3 Å². The molecule has 1 heterocycles. The van der Waals surface area contributed by atoms with E-state index in [1.54, 1.807) is 31.2 Å². The van der Waals surface area contributed by atoms with Crippen molar-refractivity contribution in [3.63, 3.8) is 0 Å². The fourth-order valence-corrected chi connectivity index (χ4v) is 2.65. The molecule has 1 aliphatic heterocycles. The lowest BCUT2D eigenvalue weighted by Crippen LogP contribution is -2.21. The Morgan fingerprint density at radius 3 is 2.63 bits per heavy atom. The molecule has 27 heavy (non-hydrogen) atoms. The van der Waals surface area contributed by atoms with Gasteiger partial charge in [0.05, 0.1) is 18.4 Å². The van der Waals surface area contributed by atoms with E-state index in [2.05, 4.69) is 5.32 Å². The molecule has 1 amide bonds. The van der Waals surface area contributed by atoms with Crippen molar-refractivity contribution < 1.29 is 28.5 Å². The number of methoxy groups -OCH3 is 1. The largest absolute Gasteiger partial charge is 0.495 e. The number of aryl methyl sites for hydroxylation is 1. The number of ether oxygens (including phenoxy) is 4. The van der Waals surface area contributed by atoms with Crippen LogP contribution in [0.25, 0.3) is 0 Å². The first-order valence-electron chi connectivity index (χ1n) is 8.18. The van der Waals surface area contributed by atoms with Crippen LogP contribution >= 0.6 is 11.6 Å². The second-order valence-corrected chi connectivity index (χ2v) is 6.19. The molecule has 1 N–H and O–H groups in total. The second kappa shape index (κ2) is 8.18. The van der Waals surface area contributed by atoms with Gasteiger partial charge in [0.2, 0.25) is 0 Å². The van der Waals surface area contributed by atoms with Crippen molar-refractivity contribution in [2.24, 2.45) is 0 Å². The van der Waals surface area contributed by atoms with Crippen molar-refractivity contribution in [1.29, 1.82) is 0 Å². The summed E-state index contributed by atoms with van der Waals surface area (Å²) < 4.78 is 21.1. The van der Waals surface area contributed by atoms with Gasteiger partial charge in [0.1, 0.15) is 19.0 Å². The van der Waals surface area contributed by atoms with Crippen molar-refractivity contribution in [3.05, 3.63) is 46.5 Å². The van der Waals surface area contributed by atoms with Crippen LogP contribution in [0.5, 0.6) is 17.2 Å². The van der Waals surface area contributed by atoms with E-state index in [9.17, 15) is 9.59 Å². The van der Waals surface area contributed by atoms with Gasteiger partial charge in [-0.1, -0.05) is 11.6 Å². The van der Waals surface area contributed by atoms with Gasteiger partial charge in [-0.3, -0.25) is 4.79 Å². The molecule has 1 aliphatic rings. The highest BCUT2D eigenvalue weighted by atomic mass is 35.5. The van der Waals surface area contributed by atoms with Crippen LogP contribution in [-0.2, 0) is 9.53 Å². The van der Waals surface area contributed by atoms with Crippen LogP contribution in [0.4, 0.5) is 5.69 Å². The molecule has 0 saturated carbocycles. The fraction of sp³-hybridized carbons (Fsp3) is 0.263. The molecule has 0 aliphatic carbocycles. The number of anilines is 1. The zero-order valence-electron chi connectivity index (χ0n) is 14.8. The number of esters is 1. The van der Waals surface area contributed by atoms with E-state index < -0.39 is 18.5 Å². The lowest BCUT2D eigenvalue weighted by Gasteiger charge is -2.18. The highest BCUT2D eigenvalue weighted by molar-refractivity contribution is 6.31. The van der Waals surface area contributed by atoms with E-state index in [1.807, 2.05) is 0 Å². The molecule has 142 valence electrons. The van der Waals surface area contributed by atoms with Crippen molar-refractivity contribution in [2.45, 2.75) is 6.92 Å². The standard InChI is InChI=1S/C19H18ClNO6/c1-11-7-14(16(24-2)9-13(11)20)21-18(22)10-27-19(23)12-3-4-15-17(8-12)26-6-5-25-15/h3-4,7-9H,5-6,10H2,1-2H3,(H,21,22). The predicted molar refractivity (Wildman–Crippen MR) is 99.1 cm³/mol. The van der Waals surface area contributed by atoms with Gasteiger partial charge in [-0.15, -0.1) is 0 Å². The van der Waals surface area contributed by atoms with E-state index in [-0.39, 0.29) is 5.56 Å². The van der Waals surface area contributed by atoms with Gasteiger partial charge in [0.25, 0.3) is 5.91 Å². The Balaban J connectivity index is 1.61. The molecule has 0 aromatic heterocycles. The Hall–Kier alpha value is -2.93. The molecule has 0 fully saturated rings. The Kier molecular flexibility index (Phi) is 5.71. The Bertz CT molecular complexity index is 883. The van der Waals surface area contributed by atoms with Crippen molar-refractivity contribution in [3.8, 4) is 17.2 Å². The number of nitrogens with one attached hydrogen (secondary N) is 1. The van der Waals surface area contributed by atoms with Crippen molar-refractivity contribution >= 4 is 29.2 Å². The summed E-state index contributed by atoms with van der Waals surface area (Å²) in [5, 5.41) is 3.16.